The fraction of sp³-hybridized carbons (Fsp3) is 0.625. The van der Waals surface area contributed by atoms with Crippen molar-refractivity contribution in [2.45, 2.75) is 264 Å². The maximum atomic E-state index is 13.0. The van der Waals surface area contributed by atoms with Crippen LogP contribution in [0.25, 0.3) is 0 Å². The lowest BCUT2D eigenvalue weighted by Gasteiger charge is -2.21. The van der Waals surface area contributed by atoms with Gasteiger partial charge in [-0.15, -0.1) is 0 Å². The molecule has 0 heterocycles. The van der Waals surface area contributed by atoms with Gasteiger partial charge in [0.1, 0.15) is 12.7 Å². The van der Waals surface area contributed by atoms with Gasteiger partial charge in [-0.05, 0) is 141 Å². The van der Waals surface area contributed by atoms with Crippen molar-refractivity contribution in [3.05, 3.63) is 146 Å². The first-order valence-corrected chi connectivity index (χ1v) is 34.2. The number of unbranched alkanes of at least 4 members (excludes halogenated alkanes) is 18. The third-order valence-corrected chi connectivity index (χ3v) is 14.2. The van der Waals surface area contributed by atoms with Crippen LogP contribution in [0.4, 0.5) is 0 Å². The van der Waals surface area contributed by atoms with E-state index in [-0.39, 0.29) is 25.9 Å². The molecule has 3 unspecified atom stereocenters. The fourth-order valence-corrected chi connectivity index (χ4v) is 9.11. The van der Waals surface area contributed by atoms with E-state index in [1.54, 1.807) is 0 Å². The molecule has 0 aliphatic carbocycles. The molecule has 0 aliphatic rings. The predicted molar refractivity (Wildman–Crippen MR) is 352 cm³/mol. The molecule has 0 aromatic rings. The van der Waals surface area contributed by atoms with E-state index in [0.717, 1.165) is 167 Å². The van der Waals surface area contributed by atoms with Crippen molar-refractivity contribution in [3.63, 3.8) is 0 Å². The zero-order valence-electron chi connectivity index (χ0n) is 52.8. The van der Waals surface area contributed by atoms with E-state index >= 15 is 0 Å². The van der Waals surface area contributed by atoms with Crippen molar-refractivity contribution in [1.82, 2.24) is 0 Å². The molecule has 0 aromatic heterocycles. The van der Waals surface area contributed by atoms with Crippen LogP contribution in [0, 0.1) is 0 Å². The number of hydrogen-bond donors (Lipinski definition) is 2. The molecule has 3 atom stereocenters. The van der Waals surface area contributed by atoms with Crippen LogP contribution in [0.15, 0.2) is 146 Å². The van der Waals surface area contributed by atoms with Gasteiger partial charge < -0.3 is 24.2 Å². The monoisotopic (exact) mass is 1190 g/mol. The second-order valence-corrected chi connectivity index (χ2v) is 22.6. The Morgan fingerprint density at radius 2 is 0.619 bits per heavy atom. The molecular formula is C72H117O11P. The number of carbonyl (C=O) groups excluding carboxylic acids is 3. The van der Waals surface area contributed by atoms with Crippen LogP contribution in [-0.4, -0.2) is 66.5 Å². The van der Waals surface area contributed by atoms with Gasteiger partial charge in [-0.2, -0.15) is 0 Å². The van der Waals surface area contributed by atoms with Crippen molar-refractivity contribution in [3.8, 4) is 0 Å². The van der Waals surface area contributed by atoms with Gasteiger partial charge in [-0.1, -0.05) is 237 Å². The highest BCUT2D eigenvalue weighted by Crippen LogP contribution is 2.43. The minimum atomic E-state index is -4.78. The molecule has 0 fully saturated rings. The molecule has 0 saturated carbocycles. The van der Waals surface area contributed by atoms with E-state index in [1.165, 1.54) is 25.7 Å². The number of ether oxygens (including phenoxy) is 3. The normalized spacial score (nSPS) is 14.2. The van der Waals surface area contributed by atoms with Crippen molar-refractivity contribution in [2.24, 2.45) is 0 Å². The zero-order chi connectivity index (χ0) is 61.2. The zero-order valence-corrected chi connectivity index (χ0v) is 53.7. The summed E-state index contributed by atoms with van der Waals surface area (Å²) < 4.78 is 39.7. The summed E-state index contributed by atoms with van der Waals surface area (Å²) in [5.41, 5.74) is 0. The van der Waals surface area contributed by atoms with Gasteiger partial charge >= 0.3 is 25.7 Å². The first kappa shape index (κ1) is 79.4. The molecule has 0 spiro atoms. The van der Waals surface area contributed by atoms with E-state index in [0.29, 0.717) is 19.3 Å². The number of aliphatic hydroxyl groups is 1. The molecule has 0 rings (SSSR count). The Morgan fingerprint density at radius 3 is 0.964 bits per heavy atom. The quantitative estimate of drug-likeness (QED) is 0.0197. The second kappa shape index (κ2) is 64.4. The molecule has 0 bridgehead atoms. The topological polar surface area (TPSA) is 155 Å². The number of hydrogen-bond acceptors (Lipinski definition) is 10. The smallest absolute Gasteiger partial charge is 0.462 e. The van der Waals surface area contributed by atoms with Crippen molar-refractivity contribution >= 4 is 25.7 Å². The molecule has 11 nitrogen and oxygen atoms in total. The van der Waals surface area contributed by atoms with Gasteiger partial charge in [-0.3, -0.25) is 23.4 Å². The standard InChI is InChI=1S/C72H117O11P/c1-4-7-10-13-16-19-22-25-28-31-34-37-40-43-46-49-52-55-58-61-70(74)79-65-69(83-72(76)63-60-57-54-51-48-45-42-39-36-33-30-27-24-21-18-15-12-9-6-3)67-81-84(77,78)80-66-68(64-73)82-71(75)62-59-56-53-50-47-44-41-38-35-32-29-26-23-20-17-14-11-8-5-2/h7,9-10,12,16-21,25-30,34-39,45,48,68-69,73H,4-6,8,11,13-15,22-24,31-33,40-44,46-47,49-67H2,1-3H3,(H,77,78)/b10-7-,12-9-,19-16-,20-17-,21-18-,28-25-,29-26-,30-27-,37-34-,38-35-,39-36-,48-45-. The highest BCUT2D eigenvalue weighted by atomic mass is 31.2. The van der Waals surface area contributed by atoms with E-state index in [1.807, 2.05) is 0 Å². The van der Waals surface area contributed by atoms with Crippen LogP contribution < -0.4 is 0 Å². The molecule has 0 aromatic carbocycles. The lowest BCUT2D eigenvalue weighted by molar-refractivity contribution is -0.161. The molecule has 2 N–H and O–H groups in total. The van der Waals surface area contributed by atoms with Gasteiger partial charge in [-0.25, -0.2) is 4.57 Å². The van der Waals surface area contributed by atoms with Crippen molar-refractivity contribution in [1.29, 1.82) is 0 Å². The van der Waals surface area contributed by atoms with Gasteiger partial charge in [0.15, 0.2) is 6.10 Å². The number of phosphoric acid groups is 1. The second-order valence-electron chi connectivity index (χ2n) is 21.2. The number of rotatable bonds is 59. The highest BCUT2D eigenvalue weighted by Gasteiger charge is 2.28. The lowest BCUT2D eigenvalue weighted by atomic mass is 10.1. The third kappa shape index (κ3) is 61.9. The Morgan fingerprint density at radius 1 is 0.345 bits per heavy atom. The number of carbonyl (C=O) groups is 3. The first-order chi connectivity index (χ1) is 41.2. The maximum absolute atomic E-state index is 13.0. The average Bonchev–Trinajstić information content (AvgIpc) is 3.53. The minimum Gasteiger partial charge on any atom is -0.462 e. The van der Waals surface area contributed by atoms with Gasteiger partial charge in [0, 0.05) is 19.3 Å². The molecule has 0 radical (unpaired) electrons. The van der Waals surface area contributed by atoms with Crippen LogP contribution in [0.1, 0.15) is 252 Å². The van der Waals surface area contributed by atoms with Crippen LogP contribution in [0.3, 0.4) is 0 Å². The fourth-order valence-electron chi connectivity index (χ4n) is 8.32. The Bertz CT molecular complexity index is 1970. The Labute approximate surface area is 512 Å². The van der Waals surface area contributed by atoms with Gasteiger partial charge in [0.2, 0.25) is 0 Å². The Hall–Kier alpha value is -4.64. The summed E-state index contributed by atoms with van der Waals surface area (Å²) in [5, 5.41) is 9.87. The van der Waals surface area contributed by atoms with Crippen LogP contribution in [-0.2, 0) is 42.2 Å². The van der Waals surface area contributed by atoms with E-state index in [4.69, 9.17) is 23.3 Å². The maximum Gasteiger partial charge on any atom is 0.472 e. The molecule has 0 aliphatic heterocycles. The summed E-state index contributed by atoms with van der Waals surface area (Å²) >= 11 is 0. The summed E-state index contributed by atoms with van der Waals surface area (Å²) in [6.07, 6.45) is 83.6. The van der Waals surface area contributed by atoms with Crippen molar-refractivity contribution < 1.29 is 52.2 Å². The summed E-state index contributed by atoms with van der Waals surface area (Å²) in [6.45, 7) is 4.33. The third-order valence-electron chi connectivity index (χ3n) is 13.2. The van der Waals surface area contributed by atoms with Crippen LogP contribution in [0.5, 0.6) is 0 Å². The number of aliphatic hydroxyl groups excluding tert-OH is 1. The number of phosphoric ester groups is 1. The molecule has 0 amide bonds. The SMILES string of the molecule is CC/C=C\C/C=C\C/C=C\C/C=C\C/C=C\CCCCCC(=O)OC(COC(=O)CCCCCCCC/C=C\C/C=C\C/C=C\C/C=C\CC)COP(=O)(O)OCC(CO)OC(=O)CCCCCCCC/C=C\C/C=C\C/C=C\CCCCC. The summed E-state index contributed by atoms with van der Waals surface area (Å²) in [7, 11) is -4.78. The summed E-state index contributed by atoms with van der Waals surface area (Å²) in [4.78, 5) is 48.8. The number of esters is 3. The predicted octanol–water partition coefficient (Wildman–Crippen LogP) is 20.3. The molecular weight excluding hydrogens is 1070 g/mol. The molecule has 84 heavy (non-hydrogen) atoms. The minimum absolute atomic E-state index is 0.116. The van der Waals surface area contributed by atoms with Crippen LogP contribution in [0.2, 0.25) is 0 Å². The largest absolute Gasteiger partial charge is 0.472 e. The van der Waals surface area contributed by atoms with Gasteiger partial charge in [0.25, 0.3) is 0 Å². The average molecular weight is 1190 g/mol. The van der Waals surface area contributed by atoms with E-state index < -0.39 is 57.8 Å². The van der Waals surface area contributed by atoms with Crippen LogP contribution >= 0.6 is 7.82 Å². The molecule has 476 valence electrons. The summed E-state index contributed by atoms with van der Waals surface area (Å²) in [5.74, 6) is -1.54. The Balaban J connectivity index is 4.81. The number of allylic oxidation sites excluding steroid dienone is 24. The lowest BCUT2D eigenvalue weighted by Crippen LogP contribution is -2.30. The van der Waals surface area contributed by atoms with Gasteiger partial charge in [0.05, 0.1) is 19.8 Å². The van der Waals surface area contributed by atoms with E-state index in [2.05, 4.69) is 167 Å². The Kier molecular flexibility index (Phi) is 60.8. The van der Waals surface area contributed by atoms with E-state index in [9.17, 15) is 28.9 Å². The highest BCUT2D eigenvalue weighted by molar-refractivity contribution is 7.47. The molecule has 12 heteroatoms. The van der Waals surface area contributed by atoms with Crippen molar-refractivity contribution in [2.75, 3.05) is 26.4 Å². The first-order valence-electron chi connectivity index (χ1n) is 32.7. The summed E-state index contributed by atoms with van der Waals surface area (Å²) in [6, 6.07) is 0. The molecule has 0 saturated heterocycles.